The van der Waals surface area contributed by atoms with Crippen LogP contribution in [0.15, 0.2) is 34.8 Å². The van der Waals surface area contributed by atoms with Crippen LogP contribution in [0.2, 0.25) is 0 Å². The minimum absolute atomic E-state index is 0.00919. The number of amides is 1. The van der Waals surface area contributed by atoms with E-state index in [-0.39, 0.29) is 35.1 Å². The molecule has 204 valence electrons. The Bertz CT molecular complexity index is 1320. The van der Waals surface area contributed by atoms with Crippen LogP contribution in [0, 0.1) is 11.8 Å². The molecule has 1 amide bonds. The second-order valence-corrected chi connectivity index (χ2v) is 9.89. The van der Waals surface area contributed by atoms with Gasteiger partial charge in [-0.15, -0.1) is 0 Å². The highest BCUT2D eigenvalue weighted by molar-refractivity contribution is 6.25. The Kier molecular flexibility index (Phi) is 6.89. The number of halogens is 2. The van der Waals surface area contributed by atoms with Gasteiger partial charge in [0.2, 0.25) is 5.78 Å². The molecule has 4 atom stereocenters. The van der Waals surface area contributed by atoms with Crippen molar-refractivity contribution in [2.45, 2.75) is 30.9 Å². The first-order chi connectivity index (χ1) is 17.7. The van der Waals surface area contributed by atoms with E-state index in [2.05, 4.69) is 5.32 Å². The minimum atomic E-state index is -2.77. The second kappa shape index (κ2) is 9.57. The number of nitrogens with one attached hydrogen (secondary N) is 1. The van der Waals surface area contributed by atoms with Gasteiger partial charge >= 0.3 is 0 Å². The number of benzene rings is 1. The lowest BCUT2D eigenvalue weighted by Gasteiger charge is -2.50. The first kappa shape index (κ1) is 27.4. The highest BCUT2D eigenvalue weighted by Gasteiger charge is 2.63. The molecule has 0 heterocycles. The van der Waals surface area contributed by atoms with Crippen LogP contribution >= 0.6 is 0 Å². The summed E-state index contributed by atoms with van der Waals surface area (Å²) in [5.41, 5.74) is 1.06. The zero-order valence-corrected chi connectivity index (χ0v) is 20.5. The third-order valence-corrected chi connectivity index (χ3v) is 7.49. The molecule has 7 N–H and O–H groups in total. The van der Waals surface area contributed by atoms with Crippen LogP contribution in [-0.4, -0.2) is 93.8 Å². The van der Waals surface area contributed by atoms with Crippen molar-refractivity contribution < 1.29 is 48.4 Å². The maximum absolute atomic E-state index is 13.6. The van der Waals surface area contributed by atoms with Crippen molar-refractivity contribution in [1.29, 1.82) is 0 Å². The zero-order valence-electron chi connectivity index (χ0n) is 20.5. The SMILES string of the molecule is CN(C)[C@@H]1C(O)=C(C(N)=O)C(=O)[C@@]2(O)C(O)=C3C(=O)c4c(O)ccc(C(=O)CNCC(F)F)c4C[C@H]3C[C@@H]12. The van der Waals surface area contributed by atoms with Gasteiger partial charge in [-0.1, -0.05) is 0 Å². The van der Waals surface area contributed by atoms with Gasteiger partial charge in [-0.25, -0.2) is 8.78 Å². The predicted octanol–water partition coefficient (Wildman–Crippen LogP) is 0.158. The largest absolute Gasteiger partial charge is 0.510 e. The number of phenolic OH excluding ortho intramolecular Hbond substituents is 1. The number of likely N-dealkylation sites (N-methyl/N-ethyl adjacent to an activating group) is 1. The molecule has 0 aromatic heterocycles. The maximum Gasteiger partial charge on any atom is 0.255 e. The Morgan fingerprint density at radius 2 is 1.87 bits per heavy atom. The van der Waals surface area contributed by atoms with E-state index in [4.69, 9.17) is 5.73 Å². The number of aliphatic hydroxyl groups excluding tert-OH is 2. The monoisotopic (exact) mass is 535 g/mol. The lowest BCUT2D eigenvalue weighted by Crippen LogP contribution is -2.63. The highest BCUT2D eigenvalue weighted by Crippen LogP contribution is 2.52. The molecular weight excluding hydrogens is 508 g/mol. The number of carbonyl (C=O) groups excluding carboxylic acids is 4. The third-order valence-electron chi connectivity index (χ3n) is 7.49. The van der Waals surface area contributed by atoms with Gasteiger partial charge in [-0.3, -0.25) is 24.1 Å². The summed E-state index contributed by atoms with van der Waals surface area (Å²) in [6, 6.07) is 1.20. The number of carbonyl (C=O) groups is 4. The maximum atomic E-state index is 13.6. The first-order valence-electron chi connectivity index (χ1n) is 11.7. The number of fused-ring (bicyclic) bond motifs is 3. The summed E-state index contributed by atoms with van der Waals surface area (Å²) < 4.78 is 25.0. The van der Waals surface area contributed by atoms with Gasteiger partial charge < -0.3 is 31.5 Å². The zero-order chi connectivity index (χ0) is 28.3. The van der Waals surface area contributed by atoms with Gasteiger partial charge in [0.25, 0.3) is 12.3 Å². The van der Waals surface area contributed by atoms with E-state index in [1.807, 2.05) is 0 Å². The standard InChI is InChI=1S/C25H27F2N3O8/c1-30(2)19-12-6-9-5-11-10(14(32)7-29-8-15(26)27)3-4-13(31)17(11)20(33)16(9)22(35)25(12,38)23(36)18(21(19)34)24(28)37/h3-4,9,12,15,19,29,31,34-35,38H,5-8H2,1-2H3,(H2,28,37)/t9-,12-,19-,25-/m0/s1. The topological polar surface area (TPSA) is 190 Å². The molecule has 0 radical (unpaired) electrons. The predicted molar refractivity (Wildman–Crippen MR) is 127 cm³/mol. The van der Waals surface area contributed by atoms with E-state index >= 15 is 0 Å². The molecular formula is C25H27F2N3O8. The first-order valence-corrected chi connectivity index (χ1v) is 11.7. The van der Waals surface area contributed by atoms with Crippen molar-refractivity contribution in [2.24, 2.45) is 17.6 Å². The highest BCUT2D eigenvalue weighted by atomic mass is 19.3. The van der Waals surface area contributed by atoms with E-state index in [1.165, 1.54) is 25.1 Å². The summed E-state index contributed by atoms with van der Waals surface area (Å²) in [6.07, 6.45) is -2.91. The third kappa shape index (κ3) is 3.97. The normalized spacial score (nSPS) is 27.0. The number of allylic oxidation sites excluding steroid dienone is 1. The fraction of sp³-hybridized carbons (Fsp3) is 0.440. The summed E-state index contributed by atoms with van der Waals surface area (Å²) >= 11 is 0. The van der Waals surface area contributed by atoms with Crippen LogP contribution in [0.3, 0.4) is 0 Å². The van der Waals surface area contributed by atoms with Gasteiger partial charge in [0.15, 0.2) is 17.2 Å². The summed E-state index contributed by atoms with van der Waals surface area (Å²) in [4.78, 5) is 53.1. The number of primary amides is 1. The molecule has 13 heteroatoms. The molecule has 38 heavy (non-hydrogen) atoms. The van der Waals surface area contributed by atoms with E-state index in [9.17, 15) is 48.4 Å². The number of Topliss-reactive ketones (excluding diaryl/α,β-unsaturated/α-hetero) is 3. The van der Waals surface area contributed by atoms with Crippen molar-refractivity contribution >= 4 is 23.3 Å². The summed E-state index contributed by atoms with van der Waals surface area (Å²) in [5.74, 6) is -8.54. The Labute approximate surface area is 215 Å². The number of nitrogens with two attached hydrogens (primary N) is 1. The Morgan fingerprint density at radius 3 is 2.45 bits per heavy atom. The number of alkyl halides is 2. The molecule has 0 spiro atoms. The van der Waals surface area contributed by atoms with Gasteiger partial charge in [-0.2, -0.15) is 0 Å². The number of hydrogen-bond acceptors (Lipinski definition) is 10. The number of ketones is 3. The Balaban J connectivity index is 1.85. The van der Waals surface area contributed by atoms with Crippen LogP contribution in [0.25, 0.3) is 0 Å². The van der Waals surface area contributed by atoms with Crippen molar-refractivity contribution in [3.8, 4) is 5.75 Å². The van der Waals surface area contributed by atoms with E-state index < -0.39 is 89.1 Å². The molecule has 1 aromatic rings. The molecule has 0 bridgehead atoms. The summed E-state index contributed by atoms with van der Waals surface area (Å²) in [6.45, 7) is -1.18. The smallest absolute Gasteiger partial charge is 0.255 e. The molecule has 0 unspecified atom stereocenters. The molecule has 3 aliphatic rings. The summed E-state index contributed by atoms with van der Waals surface area (Å²) in [5, 5.41) is 46.4. The molecule has 0 aliphatic heterocycles. The van der Waals surface area contributed by atoms with Crippen molar-refractivity contribution in [3.63, 3.8) is 0 Å². The number of hydrogen-bond donors (Lipinski definition) is 6. The molecule has 11 nitrogen and oxygen atoms in total. The Morgan fingerprint density at radius 1 is 1.21 bits per heavy atom. The van der Waals surface area contributed by atoms with Gasteiger partial charge in [0.05, 0.1) is 24.7 Å². The van der Waals surface area contributed by atoms with Crippen LogP contribution in [0.1, 0.15) is 32.7 Å². The average molecular weight is 536 g/mol. The number of phenols is 1. The van der Waals surface area contributed by atoms with Crippen LogP contribution in [0.5, 0.6) is 5.75 Å². The van der Waals surface area contributed by atoms with E-state index in [0.29, 0.717) is 0 Å². The molecule has 0 fully saturated rings. The lowest BCUT2D eigenvalue weighted by molar-refractivity contribution is -0.148. The van der Waals surface area contributed by atoms with E-state index in [1.54, 1.807) is 0 Å². The number of aliphatic hydroxyl groups is 3. The fourth-order valence-corrected chi connectivity index (χ4v) is 5.90. The number of aromatic hydroxyl groups is 1. The summed E-state index contributed by atoms with van der Waals surface area (Å²) in [7, 11) is 3.02. The van der Waals surface area contributed by atoms with Crippen molar-refractivity contribution in [1.82, 2.24) is 10.2 Å². The minimum Gasteiger partial charge on any atom is -0.510 e. The van der Waals surface area contributed by atoms with Crippen LogP contribution in [-0.2, 0) is 16.0 Å². The average Bonchev–Trinajstić information content (AvgIpc) is 2.80. The lowest BCUT2D eigenvalue weighted by atomic mass is 9.58. The molecule has 0 saturated carbocycles. The Hall–Kier alpha value is -3.68. The van der Waals surface area contributed by atoms with Crippen LogP contribution in [0.4, 0.5) is 8.78 Å². The van der Waals surface area contributed by atoms with Crippen molar-refractivity contribution in [3.05, 3.63) is 51.5 Å². The van der Waals surface area contributed by atoms with Gasteiger partial charge in [0, 0.05) is 17.1 Å². The van der Waals surface area contributed by atoms with Gasteiger partial charge in [-0.05, 0) is 50.6 Å². The quantitative estimate of drug-likeness (QED) is 0.207. The molecule has 4 rings (SSSR count). The molecule has 1 aromatic carbocycles. The van der Waals surface area contributed by atoms with Crippen molar-refractivity contribution in [2.75, 3.05) is 27.2 Å². The number of nitrogens with zero attached hydrogens (tertiary/aromatic N) is 1. The number of rotatable bonds is 7. The molecule has 3 aliphatic carbocycles. The molecule has 0 saturated heterocycles. The van der Waals surface area contributed by atoms with Gasteiger partial charge in [0.1, 0.15) is 22.8 Å². The van der Waals surface area contributed by atoms with E-state index in [0.717, 1.165) is 6.07 Å². The van der Waals surface area contributed by atoms with Crippen LogP contribution < -0.4 is 11.1 Å². The second-order valence-electron chi connectivity index (χ2n) is 9.89. The fourth-order valence-electron chi connectivity index (χ4n) is 5.90.